The Labute approximate surface area is 185 Å². The number of rotatable bonds is 8. The number of benzene rings is 1. The summed E-state index contributed by atoms with van der Waals surface area (Å²) in [6, 6.07) is 6.34. The van der Waals surface area contributed by atoms with E-state index in [0.717, 1.165) is 31.2 Å². The summed E-state index contributed by atoms with van der Waals surface area (Å²) in [6.45, 7) is 7.04. The van der Waals surface area contributed by atoms with Crippen molar-refractivity contribution in [2.45, 2.75) is 94.6 Å². The van der Waals surface area contributed by atoms with Crippen molar-refractivity contribution in [1.82, 2.24) is 0 Å². The van der Waals surface area contributed by atoms with Crippen molar-refractivity contribution in [2.75, 3.05) is 6.61 Å². The summed E-state index contributed by atoms with van der Waals surface area (Å²) in [5, 5.41) is 11.4. The molecule has 1 aromatic carbocycles. The smallest absolute Gasteiger partial charge is 0.297 e. The van der Waals surface area contributed by atoms with E-state index < -0.39 is 46.6 Å². The number of hydrogen-bond acceptors (Lipinski definition) is 7. The first kappa shape index (κ1) is 24.2. The van der Waals surface area contributed by atoms with Crippen molar-refractivity contribution in [1.29, 1.82) is 0 Å². The van der Waals surface area contributed by atoms with E-state index in [1.54, 1.807) is 26.0 Å². The lowest BCUT2D eigenvalue weighted by atomic mass is 9.93. The maximum atomic E-state index is 12.6. The first-order valence-corrected chi connectivity index (χ1v) is 12.2. The van der Waals surface area contributed by atoms with Crippen LogP contribution in [0.1, 0.15) is 58.4 Å². The molecule has 2 fully saturated rings. The average molecular weight is 453 g/mol. The van der Waals surface area contributed by atoms with Crippen LogP contribution >= 0.6 is 0 Å². The molecule has 1 unspecified atom stereocenters. The SMILES string of the molecule is CCCCCCC#C[C@@]1(O)C(COS(=O)(=O)c2ccc(C)cc2)O[C@@H]2OC(C)(C)O[C@@H]21. The molecule has 0 radical (unpaired) electrons. The molecule has 0 bridgehead atoms. The first-order valence-electron chi connectivity index (χ1n) is 10.8. The summed E-state index contributed by atoms with van der Waals surface area (Å²) < 4.78 is 47.7. The van der Waals surface area contributed by atoms with E-state index >= 15 is 0 Å². The second-order valence-electron chi connectivity index (χ2n) is 8.54. The Morgan fingerprint density at radius 3 is 2.52 bits per heavy atom. The zero-order valence-corrected chi connectivity index (χ0v) is 19.4. The Morgan fingerprint density at radius 2 is 1.84 bits per heavy atom. The van der Waals surface area contributed by atoms with Gasteiger partial charge in [0, 0.05) is 6.42 Å². The molecule has 2 aliphatic heterocycles. The molecule has 0 spiro atoms. The third-order valence-corrected chi connectivity index (χ3v) is 6.71. The summed E-state index contributed by atoms with van der Waals surface area (Å²) in [6.07, 6.45) is 2.13. The van der Waals surface area contributed by atoms with E-state index in [1.165, 1.54) is 12.1 Å². The van der Waals surface area contributed by atoms with Gasteiger partial charge < -0.3 is 19.3 Å². The molecule has 0 saturated carbocycles. The molecule has 1 aromatic rings. The topological polar surface area (TPSA) is 91.3 Å². The molecule has 0 aromatic heterocycles. The summed E-state index contributed by atoms with van der Waals surface area (Å²) in [5.41, 5.74) is -0.808. The lowest BCUT2D eigenvalue weighted by molar-refractivity contribution is -0.224. The summed E-state index contributed by atoms with van der Waals surface area (Å²) in [5.74, 6) is 4.95. The average Bonchev–Trinajstić information content (AvgIpc) is 3.14. The predicted octanol–water partition coefficient (Wildman–Crippen LogP) is 3.28. The fourth-order valence-corrected chi connectivity index (χ4v) is 4.57. The largest absolute Gasteiger partial charge is 0.372 e. The fraction of sp³-hybridized carbons (Fsp3) is 0.652. The summed E-state index contributed by atoms with van der Waals surface area (Å²) >= 11 is 0. The molecule has 8 heteroatoms. The Kier molecular flexibility index (Phi) is 7.47. The highest BCUT2D eigenvalue weighted by Crippen LogP contribution is 2.43. The van der Waals surface area contributed by atoms with E-state index in [0.29, 0.717) is 6.42 Å². The zero-order chi connectivity index (χ0) is 22.7. The molecule has 2 aliphatic rings. The highest BCUT2D eigenvalue weighted by atomic mass is 32.2. The Bertz CT molecular complexity index is 913. The summed E-state index contributed by atoms with van der Waals surface area (Å²) in [7, 11) is -4.02. The van der Waals surface area contributed by atoms with Crippen molar-refractivity contribution in [3.63, 3.8) is 0 Å². The number of unbranched alkanes of at least 4 members (excludes halogenated alkanes) is 4. The third-order valence-electron chi connectivity index (χ3n) is 5.41. The van der Waals surface area contributed by atoms with Gasteiger partial charge in [-0.05, 0) is 39.3 Å². The van der Waals surface area contributed by atoms with Crippen LogP contribution in [0.25, 0.3) is 0 Å². The highest BCUT2D eigenvalue weighted by molar-refractivity contribution is 7.86. The van der Waals surface area contributed by atoms with Crippen LogP contribution in [0.5, 0.6) is 0 Å². The number of hydrogen-bond donors (Lipinski definition) is 1. The van der Waals surface area contributed by atoms with E-state index in [1.807, 2.05) is 6.92 Å². The quantitative estimate of drug-likeness (QED) is 0.368. The molecular formula is C23H32O7S. The van der Waals surface area contributed by atoms with Gasteiger partial charge >= 0.3 is 0 Å². The van der Waals surface area contributed by atoms with Crippen molar-refractivity contribution >= 4 is 10.1 Å². The maximum absolute atomic E-state index is 12.6. The fourth-order valence-electron chi connectivity index (χ4n) is 3.66. The number of ether oxygens (including phenoxy) is 3. The summed E-state index contributed by atoms with van der Waals surface area (Å²) in [4.78, 5) is 0.0375. The van der Waals surface area contributed by atoms with Crippen LogP contribution in [0, 0.1) is 18.8 Å². The predicted molar refractivity (Wildman–Crippen MR) is 114 cm³/mol. The van der Waals surface area contributed by atoms with Crippen LogP contribution in [0.3, 0.4) is 0 Å². The van der Waals surface area contributed by atoms with Crippen LogP contribution in [-0.4, -0.2) is 50.0 Å². The minimum atomic E-state index is -4.02. The van der Waals surface area contributed by atoms with Gasteiger partial charge in [0.15, 0.2) is 23.8 Å². The van der Waals surface area contributed by atoms with E-state index in [9.17, 15) is 13.5 Å². The molecule has 1 N–H and O–H groups in total. The second kappa shape index (κ2) is 9.57. The Balaban J connectivity index is 1.73. The molecule has 172 valence electrons. The maximum Gasteiger partial charge on any atom is 0.297 e. The molecule has 3 rings (SSSR count). The van der Waals surface area contributed by atoms with Gasteiger partial charge in [-0.3, -0.25) is 4.18 Å². The lowest BCUT2D eigenvalue weighted by Crippen LogP contribution is -2.49. The van der Waals surface area contributed by atoms with Crippen LogP contribution < -0.4 is 0 Å². The van der Waals surface area contributed by atoms with Crippen molar-refractivity contribution in [3.05, 3.63) is 29.8 Å². The first-order chi connectivity index (χ1) is 14.6. The molecule has 7 nitrogen and oxygen atoms in total. The minimum Gasteiger partial charge on any atom is -0.372 e. The number of aryl methyl sites for hydroxylation is 1. The molecule has 4 atom stereocenters. The van der Waals surface area contributed by atoms with Gasteiger partial charge in [-0.1, -0.05) is 49.8 Å². The van der Waals surface area contributed by atoms with E-state index in [4.69, 9.17) is 18.4 Å². The van der Waals surface area contributed by atoms with Crippen LogP contribution in [-0.2, 0) is 28.5 Å². The van der Waals surface area contributed by atoms with Crippen molar-refractivity contribution in [2.24, 2.45) is 0 Å². The number of fused-ring (bicyclic) bond motifs is 1. The van der Waals surface area contributed by atoms with E-state index in [-0.39, 0.29) is 4.90 Å². The van der Waals surface area contributed by atoms with Crippen LogP contribution in [0.2, 0.25) is 0 Å². The van der Waals surface area contributed by atoms with E-state index in [2.05, 4.69) is 18.8 Å². The van der Waals surface area contributed by atoms with Crippen LogP contribution in [0.4, 0.5) is 0 Å². The minimum absolute atomic E-state index is 0.0375. The van der Waals surface area contributed by atoms with Gasteiger partial charge in [0.05, 0.1) is 11.5 Å². The normalized spacial score (nSPS) is 29.4. The molecule has 31 heavy (non-hydrogen) atoms. The molecule has 0 aliphatic carbocycles. The van der Waals surface area contributed by atoms with Crippen LogP contribution in [0.15, 0.2) is 29.2 Å². The van der Waals surface area contributed by atoms with Gasteiger partial charge in [0.2, 0.25) is 0 Å². The van der Waals surface area contributed by atoms with Gasteiger partial charge in [-0.2, -0.15) is 8.42 Å². The Morgan fingerprint density at radius 1 is 1.13 bits per heavy atom. The molecule has 2 saturated heterocycles. The van der Waals surface area contributed by atoms with Gasteiger partial charge in [-0.15, -0.1) is 5.92 Å². The zero-order valence-electron chi connectivity index (χ0n) is 18.6. The van der Waals surface area contributed by atoms with Crippen molar-refractivity contribution in [3.8, 4) is 11.8 Å². The van der Waals surface area contributed by atoms with Gasteiger partial charge in [0.25, 0.3) is 10.1 Å². The Hall–Kier alpha value is -1.47. The number of aliphatic hydroxyl groups is 1. The molecule has 2 heterocycles. The third kappa shape index (κ3) is 5.67. The van der Waals surface area contributed by atoms with Gasteiger partial charge in [-0.25, -0.2) is 0 Å². The second-order valence-corrected chi connectivity index (χ2v) is 10.2. The molecular weight excluding hydrogens is 420 g/mol. The standard InChI is InChI=1S/C23H32O7S/c1-5-6-7-8-9-10-15-23(24)19(28-21-20(23)29-22(3,4)30-21)16-27-31(25,26)18-13-11-17(2)12-14-18/h11-14,19-21,24H,5-9,16H2,1-4H3/t19?,20-,21+,23+/m0/s1. The monoisotopic (exact) mass is 452 g/mol. The van der Waals surface area contributed by atoms with Crippen molar-refractivity contribution < 1.29 is 31.9 Å². The highest BCUT2D eigenvalue weighted by Gasteiger charge is 2.63. The lowest BCUT2D eigenvalue weighted by Gasteiger charge is -2.29. The molecule has 0 amide bonds. The van der Waals surface area contributed by atoms with Gasteiger partial charge in [0.1, 0.15) is 6.10 Å².